The van der Waals surface area contributed by atoms with Gasteiger partial charge in [0.2, 0.25) is 0 Å². The molecule has 1 N–H and O–H groups in total. The first-order chi connectivity index (χ1) is 16.5. The van der Waals surface area contributed by atoms with Gasteiger partial charge in [0.05, 0.1) is 21.8 Å². The van der Waals surface area contributed by atoms with E-state index >= 15 is 0 Å². The summed E-state index contributed by atoms with van der Waals surface area (Å²) >= 11 is 12.2. The minimum Gasteiger partial charge on any atom is -0.482 e. The molecule has 34 heavy (non-hydrogen) atoms. The SMILES string of the molecule is O=C(COc1ccccc1Cl)NN=Cc1c(OC(=O)c2ccccc2Cl)ccc2ccccc12. The summed E-state index contributed by atoms with van der Waals surface area (Å²) < 4.78 is 11.0. The maximum absolute atomic E-state index is 12.7. The number of nitrogens with zero attached hydrogens (tertiary/aromatic N) is 1. The van der Waals surface area contributed by atoms with Crippen molar-refractivity contribution in [2.75, 3.05) is 6.61 Å². The Bertz CT molecular complexity index is 1390. The number of carbonyl (C=O) groups excluding carboxylic acids is 2. The Balaban J connectivity index is 1.53. The number of nitrogens with one attached hydrogen (secondary N) is 1. The normalized spacial score (nSPS) is 10.9. The number of amides is 1. The number of hydrazone groups is 1. The summed E-state index contributed by atoms with van der Waals surface area (Å²) in [5.74, 6) is -0.418. The summed E-state index contributed by atoms with van der Waals surface area (Å²) in [5.41, 5.74) is 3.17. The molecule has 0 aromatic heterocycles. The third-order valence-electron chi connectivity index (χ3n) is 4.81. The summed E-state index contributed by atoms with van der Waals surface area (Å²) in [6.07, 6.45) is 1.42. The van der Waals surface area contributed by atoms with Crippen LogP contribution in [0.3, 0.4) is 0 Å². The molecule has 0 aliphatic carbocycles. The maximum atomic E-state index is 12.7. The standard InChI is InChI=1S/C26H18Cl2N2O4/c27-21-10-4-3-9-19(21)26(32)34-23-14-13-17-7-1-2-8-18(17)20(23)15-29-30-25(31)16-33-24-12-6-5-11-22(24)28/h1-15H,16H2,(H,30,31). The van der Waals surface area contributed by atoms with Gasteiger partial charge in [-0.3, -0.25) is 4.79 Å². The fourth-order valence-electron chi connectivity index (χ4n) is 3.19. The molecule has 4 aromatic rings. The van der Waals surface area contributed by atoms with Crippen molar-refractivity contribution in [3.8, 4) is 11.5 Å². The van der Waals surface area contributed by atoms with Gasteiger partial charge in [-0.15, -0.1) is 0 Å². The highest BCUT2D eigenvalue weighted by molar-refractivity contribution is 6.33. The van der Waals surface area contributed by atoms with E-state index in [0.29, 0.717) is 16.3 Å². The van der Waals surface area contributed by atoms with E-state index in [-0.39, 0.29) is 22.9 Å². The van der Waals surface area contributed by atoms with Gasteiger partial charge < -0.3 is 9.47 Å². The highest BCUT2D eigenvalue weighted by Crippen LogP contribution is 2.28. The molecule has 170 valence electrons. The summed E-state index contributed by atoms with van der Waals surface area (Å²) in [6.45, 7) is -0.273. The van der Waals surface area contributed by atoms with Crippen LogP contribution in [0.15, 0.2) is 90.0 Å². The van der Waals surface area contributed by atoms with Crippen LogP contribution in [0, 0.1) is 0 Å². The molecular weight excluding hydrogens is 475 g/mol. The van der Waals surface area contributed by atoms with Crippen LogP contribution in [-0.2, 0) is 4.79 Å². The Morgan fingerprint density at radius 1 is 0.824 bits per heavy atom. The first kappa shape index (κ1) is 23.3. The Kier molecular flexibility index (Phi) is 7.42. The second kappa shape index (κ2) is 10.8. The topological polar surface area (TPSA) is 77.0 Å². The predicted octanol–water partition coefficient (Wildman–Crippen LogP) is 5.89. The first-order valence-electron chi connectivity index (χ1n) is 10.2. The largest absolute Gasteiger partial charge is 0.482 e. The van der Waals surface area contributed by atoms with Crippen LogP contribution in [0.25, 0.3) is 10.8 Å². The fourth-order valence-corrected chi connectivity index (χ4v) is 3.59. The predicted molar refractivity (Wildman–Crippen MR) is 133 cm³/mol. The van der Waals surface area contributed by atoms with Crippen LogP contribution in [0.5, 0.6) is 11.5 Å². The lowest BCUT2D eigenvalue weighted by Crippen LogP contribution is -2.24. The minimum atomic E-state index is -0.604. The van der Waals surface area contributed by atoms with Gasteiger partial charge in [-0.25, -0.2) is 10.2 Å². The number of para-hydroxylation sites is 1. The molecule has 0 saturated heterocycles. The Hall–Kier alpha value is -3.87. The lowest BCUT2D eigenvalue weighted by Gasteiger charge is -2.11. The number of ether oxygens (including phenoxy) is 2. The van der Waals surface area contributed by atoms with Gasteiger partial charge in [-0.1, -0.05) is 77.8 Å². The molecule has 0 atom stereocenters. The molecule has 0 unspecified atom stereocenters. The van der Waals surface area contributed by atoms with E-state index in [1.54, 1.807) is 54.6 Å². The van der Waals surface area contributed by atoms with Crippen LogP contribution in [-0.4, -0.2) is 24.7 Å². The molecule has 0 aliphatic heterocycles. The highest BCUT2D eigenvalue weighted by Gasteiger charge is 2.16. The highest BCUT2D eigenvalue weighted by atomic mass is 35.5. The number of carbonyl (C=O) groups is 2. The first-order valence-corrected chi connectivity index (χ1v) is 11.0. The molecule has 0 bridgehead atoms. The monoisotopic (exact) mass is 492 g/mol. The van der Waals surface area contributed by atoms with Crippen molar-refractivity contribution in [1.29, 1.82) is 0 Å². The van der Waals surface area contributed by atoms with Crippen molar-refractivity contribution in [1.82, 2.24) is 5.43 Å². The van der Waals surface area contributed by atoms with Crippen molar-refractivity contribution in [3.63, 3.8) is 0 Å². The molecule has 0 saturated carbocycles. The number of hydrogen-bond acceptors (Lipinski definition) is 5. The maximum Gasteiger partial charge on any atom is 0.345 e. The summed E-state index contributed by atoms with van der Waals surface area (Å²) in [7, 11) is 0. The average Bonchev–Trinajstić information content (AvgIpc) is 2.85. The third kappa shape index (κ3) is 5.54. The second-order valence-corrected chi connectivity index (χ2v) is 7.89. The average molecular weight is 493 g/mol. The molecule has 4 aromatic carbocycles. The molecule has 6 nitrogen and oxygen atoms in total. The van der Waals surface area contributed by atoms with Crippen molar-refractivity contribution in [2.45, 2.75) is 0 Å². The van der Waals surface area contributed by atoms with Crippen LogP contribution in [0.4, 0.5) is 0 Å². The molecule has 0 spiro atoms. The smallest absolute Gasteiger partial charge is 0.345 e. The van der Waals surface area contributed by atoms with E-state index in [1.807, 2.05) is 30.3 Å². The van der Waals surface area contributed by atoms with E-state index in [9.17, 15) is 9.59 Å². The van der Waals surface area contributed by atoms with Crippen molar-refractivity contribution in [3.05, 3.63) is 106 Å². The minimum absolute atomic E-state index is 0.241. The zero-order chi connectivity index (χ0) is 23.9. The lowest BCUT2D eigenvalue weighted by atomic mass is 10.0. The number of esters is 1. The molecule has 8 heteroatoms. The van der Waals surface area contributed by atoms with E-state index in [1.165, 1.54) is 6.21 Å². The third-order valence-corrected chi connectivity index (χ3v) is 5.45. The van der Waals surface area contributed by atoms with Gasteiger partial charge >= 0.3 is 5.97 Å². The Labute approximate surface area is 205 Å². The molecule has 4 rings (SSSR count). The van der Waals surface area contributed by atoms with Gasteiger partial charge in [0.15, 0.2) is 6.61 Å². The van der Waals surface area contributed by atoms with Crippen LogP contribution < -0.4 is 14.9 Å². The van der Waals surface area contributed by atoms with Crippen molar-refractivity contribution in [2.24, 2.45) is 5.10 Å². The summed E-state index contributed by atoms with van der Waals surface area (Å²) in [5, 5.41) is 6.42. The molecule has 0 aliphatic rings. The van der Waals surface area contributed by atoms with Crippen LogP contribution in [0.1, 0.15) is 15.9 Å². The van der Waals surface area contributed by atoms with Gasteiger partial charge in [0.25, 0.3) is 5.91 Å². The second-order valence-electron chi connectivity index (χ2n) is 7.08. The molecular formula is C26H18Cl2N2O4. The molecule has 1 amide bonds. The fraction of sp³-hybridized carbons (Fsp3) is 0.0385. The number of benzene rings is 4. The number of hydrogen-bond donors (Lipinski definition) is 1. The molecule has 0 fully saturated rings. The van der Waals surface area contributed by atoms with Crippen molar-refractivity contribution >= 4 is 52.1 Å². The van der Waals surface area contributed by atoms with Crippen molar-refractivity contribution < 1.29 is 19.1 Å². The Morgan fingerprint density at radius 2 is 1.53 bits per heavy atom. The van der Waals surface area contributed by atoms with Crippen LogP contribution in [0.2, 0.25) is 10.0 Å². The summed E-state index contributed by atoms with van der Waals surface area (Å²) in [4.78, 5) is 24.9. The van der Waals surface area contributed by atoms with Crippen LogP contribution >= 0.6 is 23.2 Å². The van der Waals surface area contributed by atoms with Gasteiger partial charge in [0, 0.05) is 5.56 Å². The van der Waals surface area contributed by atoms with E-state index < -0.39 is 11.9 Å². The zero-order valence-corrected chi connectivity index (χ0v) is 19.2. The van der Waals surface area contributed by atoms with Gasteiger partial charge in [-0.2, -0.15) is 5.10 Å². The van der Waals surface area contributed by atoms with Gasteiger partial charge in [-0.05, 0) is 41.1 Å². The van der Waals surface area contributed by atoms with E-state index in [0.717, 1.165) is 10.8 Å². The quantitative estimate of drug-likeness (QED) is 0.151. The number of halogens is 2. The zero-order valence-electron chi connectivity index (χ0n) is 17.7. The summed E-state index contributed by atoms with van der Waals surface area (Å²) in [6, 6.07) is 24.5. The lowest BCUT2D eigenvalue weighted by molar-refractivity contribution is -0.123. The molecule has 0 heterocycles. The Morgan fingerprint density at radius 3 is 2.32 bits per heavy atom. The molecule has 0 radical (unpaired) electrons. The van der Waals surface area contributed by atoms with Gasteiger partial charge in [0.1, 0.15) is 11.5 Å². The number of fused-ring (bicyclic) bond motifs is 1. The van der Waals surface area contributed by atoms with E-state index in [4.69, 9.17) is 32.7 Å². The van der Waals surface area contributed by atoms with E-state index in [2.05, 4.69) is 10.5 Å². The number of rotatable bonds is 7.